The molecule has 0 saturated heterocycles. The lowest BCUT2D eigenvalue weighted by Crippen LogP contribution is -2.26. The number of rotatable bonds is 4. The first-order chi connectivity index (χ1) is 8.20. The predicted molar refractivity (Wildman–Crippen MR) is 66.7 cm³/mol. The van der Waals surface area contributed by atoms with E-state index in [1.807, 2.05) is 26.0 Å². The van der Waals surface area contributed by atoms with Crippen molar-refractivity contribution in [1.29, 1.82) is 0 Å². The van der Waals surface area contributed by atoms with Crippen LogP contribution >= 0.6 is 0 Å². The highest BCUT2D eigenvalue weighted by Crippen LogP contribution is 2.13. The molecule has 2 N–H and O–H groups in total. The molecule has 2 aromatic rings. The number of anilines is 1. The van der Waals surface area contributed by atoms with Crippen LogP contribution in [0.15, 0.2) is 24.5 Å². The van der Waals surface area contributed by atoms with E-state index in [1.54, 1.807) is 12.4 Å². The van der Waals surface area contributed by atoms with Crippen LogP contribution in [0.5, 0.6) is 0 Å². The number of nitrogens with one attached hydrogen (secondary N) is 1. The van der Waals surface area contributed by atoms with Gasteiger partial charge < -0.3 is 10.4 Å². The molecule has 2 heterocycles. The maximum absolute atomic E-state index is 9.07. The molecule has 17 heavy (non-hydrogen) atoms. The summed E-state index contributed by atoms with van der Waals surface area (Å²) in [7, 11) is 0. The molecular formula is C12H16N4O. The Bertz CT molecular complexity index is 503. The van der Waals surface area contributed by atoms with Crippen LogP contribution in [-0.2, 0) is 0 Å². The summed E-state index contributed by atoms with van der Waals surface area (Å²) in [6.45, 7) is 4.16. The number of pyridine rings is 1. The number of hydrogen-bond donors (Lipinski definition) is 2. The van der Waals surface area contributed by atoms with Gasteiger partial charge in [0.2, 0.25) is 0 Å². The minimum Gasteiger partial charge on any atom is -0.396 e. The molecule has 0 aromatic carbocycles. The second-order valence-corrected chi connectivity index (χ2v) is 4.19. The highest BCUT2D eigenvalue weighted by atomic mass is 16.3. The monoisotopic (exact) mass is 232 g/mol. The van der Waals surface area contributed by atoms with E-state index in [2.05, 4.69) is 20.3 Å². The van der Waals surface area contributed by atoms with Crippen LogP contribution in [0.3, 0.4) is 0 Å². The number of aromatic nitrogens is 3. The van der Waals surface area contributed by atoms with Crippen molar-refractivity contribution in [2.75, 3.05) is 11.9 Å². The lowest BCUT2D eigenvalue weighted by molar-refractivity contribution is 0.226. The van der Waals surface area contributed by atoms with Gasteiger partial charge in [-0.2, -0.15) is 0 Å². The highest BCUT2D eigenvalue weighted by Gasteiger charge is 2.11. The Kier molecular flexibility index (Phi) is 3.49. The minimum absolute atomic E-state index is 0.154. The zero-order valence-electron chi connectivity index (χ0n) is 9.96. The molecule has 0 aliphatic rings. The fourth-order valence-electron chi connectivity index (χ4n) is 1.47. The molecule has 0 aliphatic carbocycles. The van der Waals surface area contributed by atoms with Crippen LogP contribution in [0.4, 0.5) is 5.82 Å². The van der Waals surface area contributed by atoms with Gasteiger partial charge in [-0.15, -0.1) is 0 Å². The summed E-state index contributed by atoms with van der Waals surface area (Å²) in [6.07, 6.45) is 3.27. The predicted octanol–water partition coefficient (Wildman–Crippen LogP) is 1.45. The third kappa shape index (κ3) is 2.68. The lowest BCUT2D eigenvalue weighted by Gasteiger charge is -2.19. The van der Waals surface area contributed by atoms with Gasteiger partial charge in [0.15, 0.2) is 5.65 Å². The Morgan fingerprint density at radius 2 is 2.00 bits per heavy atom. The summed E-state index contributed by atoms with van der Waals surface area (Å²) in [5.41, 5.74) is 1.40. The first-order valence-electron chi connectivity index (χ1n) is 5.66. The maximum atomic E-state index is 9.07. The fraction of sp³-hybridized carbons (Fsp3) is 0.417. The van der Waals surface area contributed by atoms with Crippen molar-refractivity contribution in [3.05, 3.63) is 24.5 Å². The summed E-state index contributed by atoms with van der Waals surface area (Å²) in [6, 6.07) is 3.91. The molecule has 0 bridgehead atoms. The Hall–Kier alpha value is -1.75. The van der Waals surface area contributed by atoms with E-state index < -0.39 is 0 Å². The Morgan fingerprint density at radius 3 is 2.76 bits per heavy atom. The van der Waals surface area contributed by atoms with E-state index >= 15 is 0 Å². The second-order valence-electron chi connectivity index (χ2n) is 4.19. The van der Waals surface area contributed by atoms with Gasteiger partial charge in [-0.3, -0.25) is 4.98 Å². The number of nitrogens with zero attached hydrogens (tertiary/aromatic N) is 3. The molecule has 0 radical (unpaired) electrons. The van der Waals surface area contributed by atoms with Crippen molar-refractivity contribution < 1.29 is 5.11 Å². The van der Waals surface area contributed by atoms with Gasteiger partial charge in [0, 0.05) is 25.0 Å². The van der Waals surface area contributed by atoms with Crippen LogP contribution in [0.2, 0.25) is 0 Å². The van der Waals surface area contributed by atoms with Crippen LogP contribution < -0.4 is 5.32 Å². The molecule has 5 heteroatoms. The van der Waals surface area contributed by atoms with E-state index in [4.69, 9.17) is 5.11 Å². The number of aliphatic hydroxyl groups is 1. The van der Waals surface area contributed by atoms with Crippen molar-refractivity contribution in [3.63, 3.8) is 0 Å². The van der Waals surface area contributed by atoms with E-state index in [9.17, 15) is 0 Å². The van der Waals surface area contributed by atoms with Gasteiger partial charge in [0.25, 0.3) is 0 Å². The Morgan fingerprint density at radius 1 is 1.24 bits per heavy atom. The number of aliphatic hydroxyl groups excluding tert-OH is 1. The van der Waals surface area contributed by atoms with Gasteiger partial charge >= 0.3 is 0 Å². The summed E-state index contributed by atoms with van der Waals surface area (Å²) >= 11 is 0. The summed E-state index contributed by atoms with van der Waals surface area (Å²) < 4.78 is 0. The van der Waals surface area contributed by atoms with Crippen molar-refractivity contribution in [1.82, 2.24) is 15.0 Å². The van der Waals surface area contributed by atoms with E-state index in [0.717, 1.165) is 11.3 Å². The van der Waals surface area contributed by atoms with E-state index in [-0.39, 0.29) is 18.6 Å². The second kappa shape index (κ2) is 5.05. The Balaban J connectivity index is 2.19. The van der Waals surface area contributed by atoms with Crippen LogP contribution in [0, 0.1) is 5.92 Å². The van der Waals surface area contributed by atoms with Crippen LogP contribution in [-0.4, -0.2) is 32.7 Å². The molecular weight excluding hydrogens is 216 g/mol. The van der Waals surface area contributed by atoms with Gasteiger partial charge in [-0.25, -0.2) is 9.97 Å². The van der Waals surface area contributed by atoms with E-state index in [1.165, 1.54) is 0 Å². The van der Waals surface area contributed by atoms with Crippen molar-refractivity contribution in [3.8, 4) is 0 Å². The standard InChI is InChI=1S/C12H16N4O/c1-8(7-17)9(2)15-11-4-3-10-12(16-11)14-6-5-13-10/h3-6,8-9,17H,7H2,1-2H3,(H,14,15,16). The smallest absolute Gasteiger partial charge is 0.180 e. The summed E-state index contributed by atoms with van der Waals surface area (Å²) in [5, 5.41) is 12.3. The average molecular weight is 232 g/mol. The number of fused-ring (bicyclic) bond motifs is 1. The molecule has 0 aliphatic heterocycles. The Labute approximate surface area is 99.9 Å². The van der Waals surface area contributed by atoms with Crippen molar-refractivity contribution in [2.24, 2.45) is 5.92 Å². The third-order valence-electron chi connectivity index (χ3n) is 2.85. The average Bonchev–Trinajstić information content (AvgIpc) is 2.37. The van der Waals surface area contributed by atoms with Crippen LogP contribution in [0.1, 0.15) is 13.8 Å². The fourth-order valence-corrected chi connectivity index (χ4v) is 1.47. The molecule has 0 spiro atoms. The molecule has 0 fully saturated rings. The molecule has 2 rings (SSSR count). The molecule has 0 saturated carbocycles. The first-order valence-corrected chi connectivity index (χ1v) is 5.66. The van der Waals surface area contributed by atoms with Gasteiger partial charge in [0.1, 0.15) is 11.3 Å². The SMILES string of the molecule is CC(CO)C(C)Nc1ccc2nccnc2n1. The summed E-state index contributed by atoms with van der Waals surface area (Å²) in [5.74, 6) is 0.931. The highest BCUT2D eigenvalue weighted by molar-refractivity contribution is 5.71. The van der Waals surface area contributed by atoms with Crippen molar-refractivity contribution in [2.45, 2.75) is 19.9 Å². The van der Waals surface area contributed by atoms with Gasteiger partial charge in [0.05, 0.1) is 0 Å². The normalized spacial score (nSPS) is 14.5. The molecule has 5 nitrogen and oxygen atoms in total. The maximum Gasteiger partial charge on any atom is 0.180 e. The summed E-state index contributed by atoms with van der Waals surface area (Å²) in [4.78, 5) is 12.7. The zero-order chi connectivity index (χ0) is 12.3. The minimum atomic E-state index is 0.154. The van der Waals surface area contributed by atoms with E-state index in [0.29, 0.717) is 5.65 Å². The number of hydrogen-bond acceptors (Lipinski definition) is 5. The molecule has 0 amide bonds. The third-order valence-corrected chi connectivity index (χ3v) is 2.85. The first kappa shape index (κ1) is 11.7. The topological polar surface area (TPSA) is 70.9 Å². The largest absolute Gasteiger partial charge is 0.396 e. The molecule has 2 unspecified atom stereocenters. The van der Waals surface area contributed by atoms with Crippen LogP contribution in [0.25, 0.3) is 11.2 Å². The molecule has 2 aromatic heterocycles. The van der Waals surface area contributed by atoms with Crippen molar-refractivity contribution >= 4 is 17.0 Å². The molecule has 90 valence electrons. The quantitative estimate of drug-likeness (QED) is 0.835. The van der Waals surface area contributed by atoms with Gasteiger partial charge in [-0.05, 0) is 25.0 Å². The zero-order valence-corrected chi connectivity index (χ0v) is 9.96. The molecule has 2 atom stereocenters. The van der Waals surface area contributed by atoms with Gasteiger partial charge in [-0.1, -0.05) is 6.92 Å². The lowest BCUT2D eigenvalue weighted by atomic mass is 10.1.